The fourth-order valence-electron chi connectivity index (χ4n) is 1.17. The molecule has 0 spiro atoms. The van der Waals surface area contributed by atoms with E-state index < -0.39 is 12.3 Å². The van der Waals surface area contributed by atoms with Crippen LogP contribution in [0.15, 0.2) is 5.51 Å². The van der Waals surface area contributed by atoms with Crippen LogP contribution in [0, 0.1) is 6.92 Å². The topological polar surface area (TPSA) is 44.3 Å². The van der Waals surface area contributed by atoms with Gasteiger partial charge in [0, 0.05) is 13.8 Å². The van der Waals surface area contributed by atoms with E-state index in [9.17, 15) is 10.2 Å². The second-order valence-electron chi connectivity index (χ2n) is 2.89. The molecule has 0 aromatic carbocycles. The summed E-state index contributed by atoms with van der Waals surface area (Å²) in [4.78, 5) is 0.913. The number of aliphatic hydroxyl groups excluding tert-OH is 2. The zero-order valence-electron chi connectivity index (χ0n) is 7.48. The quantitative estimate of drug-likeness (QED) is 0.677. The van der Waals surface area contributed by atoms with Crippen LogP contribution in [0.3, 0.4) is 0 Å². The summed E-state index contributed by atoms with van der Waals surface area (Å²) in [6.07, 6.45) is -0.969. The summed E-state index contributed by atoms with van der Waals surface area (Å²) in [6.45, 7) is 5.32. The zero-order chi connectivity index (χ0) is 9.30. The Morgan fingerprint density at radius 2 is 2.00 bits per heavy atom. The van der Waals surface area contributed by atoms with Crippen molar-refractivity contribution in [3.8, 4) is 0 Å². The van der Waals surface area contributed by atoms with Crippen LogP contribution in [0.5, 0.6) is 0 Å². The van der Waals surface area contributed by atoms with Crippen LogP contribution >= 0.6 is 11.3 Å². The third-order valence-electron chi connectivity index (χ3n) is 1.82. The van der Waals surface area contributed by atoms with Crippen LogP contribution in [0.4, 0.5) is 0 Å². The lowest BCUT2D eigenvalue weighted by Gasteiger charge is -2.00. The molecule has 0 bridgehead atoms. The number of aliphatic hydroxyl groups is 2. The minimum Gasteiger partial charge on any atom is -0.388 e. The molecule has 0 aliphatic heterocycles. The molecule has 1 aromatic rings. The van der Waals surface area contributed by atoms with E-state index in [0.717, 1.165) is 10.6 Å². The molecule has 2 N–H and O–H groups in total. The molecule has 0 fully saturated rings. The summed E-state index contributed by atoms with van der Waals surface area (Å²) in [5, 5.41) is 18.6. The summed E-state index contributed by atoms with van der Waals surface area (Å²) in [5.41, 5.74) is 2.76. The fraction of sp³-hybridized carbons (Fsp3) is 0.625. The van der Waals surface area contributed by atoms with Crippen molar-refractivity contribution in [3.05, 3.63) is 16.1 Å². The van der Waals surface area contributed by atoms with Crippen LogP contribution < -0.4 is 4.57 Å². The van der Waals surface area contributed by atoms with Crippen LogP contribution in [0.1, 0.15) is 36.8 Å². The Morgan fingerprint density at radius 1 is 1.42 bits per heavy atom. The minimum atomic E-state index is -0.520. The van der Waals surface area contributed by atoms with Crippen molar-refractivity contribution in [3.63, 3.8) is 0 Å². The first-order valence-electron chi connectivity index (χ1n) is 3.89. The largest absolute Gasteiger partial charge is 0.388 e. The van der Waals surface area contributed by atoms with E-state index in [0.29, 0.717) is 0 Å². The molecular weight excluding hydrogens is 174 g/mol. The SMILES string of the molecule is Cc1c(C(C)O)sc[n+]1C(C)O. The van der Waals surface area contributed by atoms with Gasteiger partial charge in [0.25, 0.3) is 6.23 Å². The maximum Gasteiger partial charge on any atom is 0.258 e. The summed E-state index contributed by atoms with van der Waals surface area (Å²) < 4.78 is 1.74. The predicted molar refractivity (Wildman–Crippen MR) is 46.8 cm³/mol. The second-order valence-corrected chi connectivity index (χ2v) is 3.77. The van der Waals surface area contributed by atoms with E-state index >= 15 is 0 Å². The molecule has 1 heterocycles. The third kappa shape index (κ3) is 1.65. The van der Waals surface area contributed by atoms with Crippen molar-refractivity contribution >= 4 is 11.3 Å². The molecule has 4 heteroatoms. The van der Waals surface area contributed by atoms with Crippen molar-refractivity contribution in [2.45, 2.75) is 33.1 Å². The average Bonchev–Trinajstić information content (AvgIpc) is 2.30. The summed E-state index contributed by atoms with van der Waals surface area (Å²) >= 11 is 1.47. The predicted octanol–water partition coefficient (Wildman–Crippen LogP) is 0.908. The zero-order valence-corrected chi connectivity index (χ0v) is 8.30. The lowest BCUT2D eigenvalue weighted by atomic mass is 10.3. The molecule has 1 rings (SSSR count). The molecule has 0 saturated carbocycles. The lowest BCUT2D eigenvalue weighted by Crippen LogP contribution is -2.38. The minimum absolute atomic E-state index is 0.449. The molecule has 0 aliphatic rings. The summed E-state index contributed by atoms with van der Waals surface area (Å²) in [5.74, 6) is 0. The Labute approximate surface area is 75.9 Å². The molecule has 68 valence electrons. The van der Waals surface area contributed by atoms with Crippen LogP contribution in [0.25, 0.3) is 0 Å². The van der Waals surface area contributed by atoms with Gasteiger partial charge >= 0.3 is 0 Å². The van der Waals surface area contributed by atoms with Gasteiger partial charge in [-0.2, -0.15) is 4.57 Å². The van der Waals surface area contributed by atoms with Crippen LogP contribution in [0.2, 0.25) is 0 Å². The van der Waals surface area contributed by atoms with E-state index in [-0.39, 0.29) is 0 Å². The van der Waals surface area contributed by atoms with E-state index in [1.165, 1.54) is 11.3 Å². The first kappa shape index (κ1) is 9.64. The molecule has 2 unspecified atom stereocenters. The Kier molecular flexibility index (Phi) is 2.82. The Bertz CT molecular complexity index is 243. The van der Waals surface area contributed by atoms with E-state index in [4.69, 9.17) is 0 Å². The Hall–Kier alpha value is -0.450. The third-order valence-corrected chi connectivity index (χ3v) is 3.04. The number of rotatable bonds is 2. The standard InChI is InChI=1S/C8H14NO2S/c1-5-8(6(2)10)12-4-9(5)7(3)11/h4,6-7,10-11H,1-3H3/q+1. The molecule has 2 atom stereocenters. The highest BCUT2D eigenvalue weighted by Gasteiger charge is 2.21. The van der Waals surface area contributed by atoms with Crippen LogP contribution in [-0.4, -0.2) is 10.2 Å². The second kappa shape index (κ2) is 3.51. The smallest absolute Gasteiger partial charge is 0.258 e. The van der Waals surface area contributed by atoms with E-state index in [1.54, 1.807) is 18.4 Å². The highest BCUT2D eigenvalue weighted by molar-refractivity contribution is 7.09. The highest BCUT2D eigenvalue weighted by atomic mass is 32.1. The first-order valence-corrected chi connectivity index (χ1v) is 4.77. The maximum absolute atomic E-state index is 9.32. The summed E-state index contributed by atoms with van der Waals surface area (Å²) in [6, 6.07) is 0. The molecule has 1 aromatic heterocycles. The van der Waals surface area contributed by atoms with Gasteiger partial charge in [-0.15, -0.1) is 0 Å². The number of aromatic nitrogens is 1. The summed E-state index contributed by atoms with van der Waals surface area (Å²) in [7, 11) is 0. The van der Waals surface area contributed by atoms with Crippen molar-refractivity contribution in [1.29, 1.82) is 0 Å². The molecule has 0 aliphatic carbocycles. The lowest BCUT2D eigenvalue weighted by molar-refractivity contribution is -0.757. The van der Waals surface area contributed by atoms with Gasteiger partial charge in [-0.05, 0) is 6.92 Å². The average molecular weight is 188 g/mol. The first-order chi connectivity index (χ1) is 5.54. The van der Waals surface area contributed by atoms with Crippen molar-refractivity contribution in [1.82, 2.24) is 0 Å². The van der Waals surface area contributed by atoms with Gasteiger partial charge < -0.3 is 10.2 Å². The maximum atomic E-state index is 9.32. The van der Waals surface area contributed by atoms with Gasteiger partial charge in [0.2, 0.25) is 5.51 Å². The Balaban J connectivity index is 3.04. The molecule has 0 radical (unpaired) electrons. The van der Waals surface area contributed by atoms with Gasteiger partial charge in [0.1, 0.15) is 4.88 Å². The van der Waals surface area contributed by atoms with E-state index in [2.05, 4.69) is 0 Å². The van der Waals surface area contributed by atoms with Gasteiger partial charge in [0.05, 0.1) is 6.10 Å². The normalized spacial score (nSPS) is 16.1. The molecular formula is C8H14NO2S+. The van der Waals surface area contributed by atoms with Crippen molar-refractivity contribution in [2.24, 2.45) is 0 Å². The molecule has 0 saturated heterocycles. The van der Waals surface area contributed by atoms with Crippen molar-refractivity contribution < 1.29 is 14.8 Å². The van der Waals surface area contributed by atoms with E-state index in [1.807, 2.05) is 12.4 Å². The van der Waals surface area contributed by atoms with Gasteiger partial charge in [0.15, 0.2) is 5.69 Å². The number of hydrogen-bond donors (Lipinski definition) is 2. The van der Waals surface area contributed by atoms with Gasteiger partial charge in [-0.25, -0.2) is 0 Å². The number of hydrogen-bond acceptors (Lipinski definition) is 3. The Morgan fingerprint density at radius 3 is 2.25 bits per heavy atom. The highest BCUT2D eigenvalue weighted by Crippen LogP contribution is 2.20. The van der Waals surface area contributed by atoms with Gasteiger partial charge in [-0.3, -0.25) is 0 Å². The van der Waals surface area contributed by atoms with Crippen LogP contribution in [-0.2, 0) is 0 Å². The van der Waals surface area contributed by atoms with Crippen molar-refractivity contribution in [2.75, 3.05) is 0 Å². The monoisotopic (exact) mass is 188 g/mol. The number of thiazole rings is 1. The van der Waals surface area contributed by atoms with Gasteiger partial charge in [-0.1, -0.05) is 11.3 Å². The molecule has 0 amide bonds. The number of nitrogens with zero attached hydrogens (tertiary/aromatic N) is 1. The fourth-order valence-corrected chi connectivity index (χ4v) is 2.21. The molecule has 3 nitrogen and oxygen atoms in total. The molecule has 12 heavy (non-hydrogen) atoms.